The molecule has 0 unspecified atom stereocenters. The minimum atomic E-state index is -0.334. The van der Waals surface area contributed by atoms with Gasteiger partial charge in [0.05, 0.1) is 24.3 Å². The Morgan fingerprint density at radius 2 is 2.18 bits per heavy atom. The van der Waals surface area contributed by atoms with Crippen molar-refractivity contribution < 1.29 is 9.47 Å². The number of halogens is 1. The lowest BCUT2D eigenvalue weighted by molar-refractivity contribution is 0.113. The van der Waals surface area contributed by atoms with Crippen molar-refractivity contribution in [3.63, 3.8) is 0 Å². The summed E-state index contributed by atoms with van der Waals surface area (Å²) in [6.45, 7) is 5.50. The molecule has 9 heteroatoms. The molecule has 0 aromatic carbocycles. The van der Waals surface area contributed by atoms with Crippen molar-refractivity contribution in [2.45, 2.75) is 49.5 Å². The van der Waals surface area contributed by atoms with Gasteiger partial charge in [-0.05, 0) is 57.0 Å². The summed E-state index contributed by atoms with van der Waals surface area (Å²) in [6, 6.07) is 0.217. The lowest BCUT2D eigenvalue weighted by Gasteiger charge is -2.36. The molecule has 6 rings (SSSR count). The highest BCUT2D eigenvalue weighted by Crippen LogP contribution is 2.48. The van der Waals surface area contributed by atoms with Gasteiger partial charge in [-0.1, -0.05) is 6.58 Å². The molecule has 0 amide bonds. The molecule has 1 saturated carbocycles. The van der Waals surface area contributed by atoms with Crippen LogP contribution >= 0.6 is 11.6 Å². The van der Waals surface area contributed by atoms with Gasteiger partial charge in [-0.15, -0.1) is 0 Å². The summed E-state index contributed by atoms with van der Waals surface area (Å²) in [7, 11) is 3.80. The minimum Gasteiger partial charge on any atom is -0.467 e. The van der Waals surface area contributed by atoms with Crippen LogP contribution in [-0.4, -0.2) is 62.5 Å². The Hall–Kier alpha value is -1.90. The quantitative estimate of drug-likeness (QED) is 0.556. The van der Waals surface area contributed by atoms with Crippen LogP contribution in [0.15, 0.2) is 17.4 Å². The predicted octanol–water partition coefficient (Wildman–Crippen LogP) is 1.70. The van der Waals surface area contributed by atoms with Crippen LogP contribution in [0, 0.1) is 0 Å². The number of ether oxygens (including phenoxy) is 2. The van der Waals surface area contributed by atoms with Crippen LogP contribution in [0.25, 0.3) is 11.2 Å². The van der Waals surface area contributed by atoms with Crippen LogP contribution in [-0.2, 0) is 17.3 Å². The van der Waals surface area contributed by atoms with Crippen LogP contribution in [0.1, 0.15) is 25.7 Å². The largest absolute Gasteiger partial charge is 0.467 e. The number of likely N-dealkylation sites (tertiary alicyclic amines) is 1. The summed E-state index contributed by atoms with van der Waals surface area (Å²) >= 11 is 6.24. The second kappa shape index (κ2) is 6.30. The van der Waals surface area contributed by atoms with Gasteiger partial charge in [-0.2, -0.15) is 9.97 Å². The number of rotatable bonds is 5. The second-order valence-electron chi connectivity index (χ2n) is 8.22. The van der Waals surface area contributed by atoms with E-state index in [1.807, 2.05) is 0 Å². The van der Waals surface area contributed by atoms with Crippen LogP contribution in [0.2, 0.25) is 5.28 Å². The monoisotopic (exact) mass is 405 g/mol. The zero-order valence-corrected chi connectivity index (χ0v) is 16.9. The van der Waals surface area contributed by atoms with Gasteiger partial charge in [0.15, 0.2) is 11.2 Å². The Labute approximate surface area is 167 Å². The van der Waals surface area contributed by atoms with Crippen molar-refractivity contribution in [3.8, 4) is 5.88 Å². The normalized spacial score (nSPS) is 30.5. The molecule has 0 N–H and O–H groups in total. The van der Waals surface area contributed by atoms with Crippen LogP contribution in [0.3, 0.4) is 0 Å². The Bertz CT molecular complexity index is 1000. The van der Waals surface area contributed by atoms with E-state index in [1.54, 1.807) is 22.3 Å². The third-order valence-electron chi connectivity index (χ3n) is 6.55. The zero-order chi connectivity index (χ0) is 19.6. The van der Waals surface area contributed by atoms with Crippen molar-refractivity contribution in [2.75, 3.05) is 20.2 Å². The van der Waals surface area contributed by atoms with Gasteiger partial charge in [0.1, 0.15) is 6.10 Å². The summed E-state index contributed by atoms with van der Waals surface area (Å²) in [4.78, 5) is 24.1. The molecule has 2 atom stereocenters. The molecule has 0 radical (unpaired) electrons. The summed E-state index contributed by atoms with van der Waals surface area (Å²) in [5.74, 6) is 0.324. The van der Waals surface area contributed by atoms with E-state index in [4.69, 9.17) is 21.1 Å². The summed E-state index contributed by atoms with van der Waals surface area (Å²) in [5.41, 5.74) is 0.592. The molecule has 2 bridgehead atoms. The Kier molecular flexibility index (Phi) is 4.08. The van der Waals surface area contributed by atoms with Crippen LogP contribution in [0.5, 0.6) is 5.88 Å². The third kappa shape index (κ3) is 2.47. The molecule has 8 nitrogen and oxygen atoms in total. The van der Waals surface area contributed by atoms with E-state index in [0.717, 1.165) is 32.2 Å². The maximum absolute atomic E-state index is 13.1. The average molecular weight is 406 g/mol. The molecule has 2 aromatic heterocycles. The van der Waals surface area contributed by atoms with Crippen molar-refractivity contribution in [1.29, 1.82) is 0 Å². The topological polar surface area (TPSA) is 74.4 Å². The summed E-state index contributed by atoms with van der Waals surface area (Å²) in [6.07, 6.45) is 5.57. The number of aryl methyl sites for hydroxylation is 1. The van der Waals surface area contributed by atoms with Gasteiger partial charge in [0.2, 0.25) is 11.2 Å². The molecule has 4 fully saturated rings. The number of nitrogens with zero attached hydrogens (tertiary/aromatic N) is 5. The zero-order valence-electron chi connectivity index (χ0n) is 16.1. The number of fused-ring (bicyclic) bond motifs is 2. The van der Waals surface area contributed by atoms with E-state index in [1.165, 1.54) is 0 Å². The van der Waals surface area contributed by atoms with E-state index in [2.05, 4.69) is 28.5 Å². The van der Waals surface area contributed by atoms with Gasteiger partial charge >= 0.3 is 5.69 Å². The van der Waals surface area contributed by atoms with Crippen molar-refractivity contribution in [3.05, 3.63) is 28.4 Å². The van der Waals surface area contributed by atoms with Gasteiger partial charge < -0.3 is 9.47 Å². The molecule has 4 aliphatic rings. The smallest absolute Gasteiger partial charge is 0.330 e. The maximum atomic E-state index is 13.1. The molecular weight excluding hydrogens is 382 g/mol. The lowest BCUT2D eigenvalue weighted by Crippen LogP contribution is -2.48. The van der Waals surface area contributed by atoms with E-state index >= 15 is 0 Å². The summed E-state index contributed by atoms with van der Waals surface area (Å²) in [5, 5.41) is 0.0654. The number of likely N-dealkylation sites (N-methyl/N-ethyl adjacent to an activating group) is 1. The van der Waals surface area contributed by atoms with E-state index in [0.29, 0.717) is 23.7 Å². The third-order valence-corrected chi connectivity index (χ3v) is 6.71. The maximum Gasteiger partial charge on any atom is 0.330 e. The second-order valence-corrected chi connectivity index (χ2v) is 8.56. The molecule has 1 aliphatic carbocycles. The highest BCUT2D eigenvalue weighted by molar-refractivity contribution is 6.28. The Morgan fingerprint density at radius 1 is 1.39 bits per heavy atom. The number of imidazole rings is 1. The number of hydrogen-bond donors (Lipinski definition) is 0. The van der Waals surface area contributed by atoms with Crippen molar-refractivity contribution in [2.24, 2.45) is 7.05 Å². The fraction of sp³-hybridized carbons (Fsp3) is 0.632. The molecule has 28 heavy (non-hydrogen) atoms. The molecule has 5 heterocycles. The molecule has 2 aromatic rings. The first-order chi connectivity index (χ1) is 13.4. The molecule has 3 aliphatic heterocycles. The van der Waals surface area contributed by atoms with Gasteiger partial charge in [-0.25, -0.2) is 4.79 Å². The van der Waals surface area contributed by atoms with E-state index in [9.17, 15) is 4.79 Å². The van der Waals surface area contributed by atoms with Crippen LogP contribution < -0.4 is 10.4 Å². The Morgan fingerprint density at radius 3 is 2.79 bits per heavy atom. The highest BCUT2D eigenvalue weighted by Gasteiger charge is 2.55. The molecule has 0 spiro atoms. The number of aromatic nitrogens is 4. The Balaban J connectivity index is 1.62. The standard InChI is InChI=1S/C19H24ClN5O3/c1-4-13(12-6-5-7-23(12)2)28-16-14-15(21-17(20)22-16)25(18(26)24(14)3)19-8-11(9-19)27-10-19/h4,11-13H,1,5-10H2,2-3H3/t11?,12-,13-,19?/m0/s1. The van der Waals surface area contributed by atoms with Crippen LogP contribution in [0.4, 0.5) is 0 Å². The highest BCUT2D eigenvalue weighted by atomic mass is 35.5. The first-order valence-corrected chi connectivity index (χ1v) is 10.1. The van der Waals surface area contributed by atoms with Crippen molar-refractivity contribution in [1.82, 2.24) is 24.0 Å². The van der Waals surface area contributed by atoms with E-state index in [-0.39, 0.29) is 34.8 Å². The molecule has 3 saturated heterocycles. The summed E-state index contributed by atoms with van der Waals surface area (Å²) < 4.78 is 15.3. The molecular formula is C19H24ClN5O3. The average Bonchev–Trinajstić information content (AvgIpc) is 3.38. The first kappa shape index (κ1) is 18.1. The molecule has 150 valence electrons. The lowest BCUT2D eigenvalue weighted by atomic mass is 9.78. The van der Waals surface area contributed by atoms with E-state index < -0.39 is 0 Å². The van der Waals surface area contributed by atoms with Gasteiger partial charge in [0, 0.05) is 7.05 Å². The van der Waals surface area contributed by atoms with Gasteiger partial charge in [-0.3, -0.25) is 14.0 Å². The SMILES string of the molecule is C=C[C@H](Oc1nc(Cl)nc2c1n(C)c(=O)n2C12COC(C1)C2)[C@@H]1CCCN1C. The minimum absolute atomic E-state index is 0.0654. The fourth-order valence-corrected chi connectivity index (χ4v) is 5.16. The van der Waals surface area contributed by atoms with Crippen molar-refractivity contribution >= 4 is 22.8 Å². The fourth-order valence-electron chi connectivity index (χ4n) is 5.00. The predicted molar refractivity (Wildman–Crippen MR) is 105 cm³/mol. The number of hydrogen-bond acceptors (Lipinski definition) is 6. The first-order valence-electron chi connectivity index (χ1n) is 9.70. The van der Waals surface area contributed by atoms with Gasteiger partial charge in [0.25, 0.3) is 0 Å².